The summed E-state index contributed by atoms with van der Waals surface area (Å²) in [5, 5.41) is 36.4. The van der Waals surface area contributed by atoms with E-state index >= 15 is 0 Å². The summed E-state index contributed by atoms with van der Waals surface area (Å²) in [4.78, 5) is 55.0. The molecule has 0 spiro atoms. The number of unbranched alkanes of at least 4 members (excludes halogenated alkanes) is 5. The van der Waals surface area contributed by atoms with Gasteiger partial charge in [0, 0.05) is 52.5 Å². The van der Waals surface area contributed by atoms with Crippen molar-refractivity contribution in [1.82, 2.24) is 15.2 Å². The maximum Gasteiger partial charge on any atom is 0.323 e. The standard InChI is InChI=1S/C56H103N3O13/c1-15-17-26-55(42-60,46(61)70-33-23-30-67-43-36-49(3,4)57(64)50(5,6)37-43)27-21-19-20-22-29-56(28-18-16-2,47(62)71-34-24-31-68-44-38-51(7,8)58(65)52(9,10)39-44)48(63)72-35-25-32-69-45-40-53(11,12)59(66)54(13,14)41-45/h42-45,64-66H,15-41H2,1-14H3. The maximum atomic E-state index is 14.3. The van der Waals surface area contributed by atoms with Gasteiger partial charge in [-0.05, 0) is 147 Å². The van der Waals surface area contributed by atoms with Gasteiger partial charge in [0.25, 0.3) is 0 Å². The van der Waals surface area contributed by atoms with Crippen molar-refractivity contribution >= 4 is 24.2 Å². The molecule has 420 valence electrons. The Morgan fingerprint density at radius 1 is 0.431 bits per heavy atom. The first-order chi connectivity index (χ1) is 33.5. The van der Waals surface area contributed by atoms with E-state index in [1.165, 1.54) is 15.2 Å². The lowest BCUT2D eigenvalue weighted by Gasteiger charge is -2.51. The molecule has 0 amide bonds. The van der Waals surface area contributed by atoms with Gasteiger partial charge in [0.1, 0.15) is 11.7 Å². The first-order valence-electron chi connectivity index (χ1n) is 27.8. The molecule has 3 saturated heterocycles. The Kier molecular flexibility index (Phi) is 24.6. The third kappa shape index (κ3) is 17.9. The van der Waals surface area contributed by atoms with Crippen LogP contribution in [0.1, 0.15) is 232 Å². The quantitative estimate of drug-likeness (QED) is 0.0189. The van der Waals surface area contributed by atoms with E-state index < -0.39 is 62.0 Å². The summed E-state index contributed by atoms with van der Waals surface area (Å²) in [6.45, 7) is 29.4. The summed E-state index contributed by atoms with van der Waals surface area (Å²) < 4.78 is 36.3. The Labute approximate surface area is 435 Å². The van der Waals surface area contributed by atoms with E-state index in [2.05, 4.69) is 0 Å². The predicted octanol–water partition coefficient (Wildman–Crippen LogP) is 11.0. The van der Waals surface area contributed by atoms with Gasteiger partial charge in [0.15, 0.2) is 5.41 Å². The second kappa shape index (κ2) is 27.7. The molecule has 0 aromatic heterocycles. The highest BCUT2D eigenvalue weighted by atomic mass is 16.6. The molecule has 3 fully saturated rings. The monoisotopic (exact) mass is 1030 g/mol. The highest BCUT2D eigenvalue weighted by Crippen LogP contribution is 2.41. The zero-order valence-electron chi connectivity index (χ0n) is 47.7. The fourth-order valence-corrected chi connectivity index (χ4v) is 12.0. The molecule has 1 atom stereocenters. The van der Waals surface area contributed by atoms with Crippen molar-refractivity contribution < 1.29 is 63.2 Å². The number of piperidine rings is 3. The van der Waals surface area contributed by atoms with E-state index in [9.17, 15) is 34.8 Å². The molecule has 0 aromatic rings. The van der Waals surface area contributed by atoms with Crippen LogP contribution in [0.3, 0.4) is 0 Å². The van der Waals surface area contributed by atoms with Crippen molar-refractivity contribution in [2.45, 2.75) is 283 Å². The van der Waals surface area contributed by atoms with Gasteiger partial charge in [0.05, 0.1) is 58.0 Å². The third-order valence-corrected chi connectivity index (χ3v) is 15.8. The lowest BCUT2D eigenvalue weighted by Crippen LogP contribution is -2.60. The van der Waals surface area contributed by atoms with Crippen LogP contribution in [0.5, 0.6) is 0 Å². The summed E-state index contributed by atoms with van der Waals surface area (Å²) in [5.41, 5.74) is -5.46. The highest BCUT2D eigenvalue weighted by molar-refractivity contribution is 6.00. The molecule has 16 nitrogen and oxygen atoms in total. The summed E-state index contributed by atoms with van der Waals surface area (Å²) in [6, 6.07) is 0. The van der Waals surface area contributed by atoms with Gasteiger partial charge in [-0.1, -0.05) is 65.2 Å². The Morgan fingerprint density at radius 2 is 0.708 bits per heavy atom. The third-order valence-electron chi connectivity index (χ3n) is 15.8. The molecule has 0 saturated carbocycles. The molecule has 3 aliphatic rings. The van der Waals surface area contributed by atoms with E-state index in [1.807, 2.05) is 96.9 Å². The second-order valence-electron chi connectivity index (χ2n) is 25.5. The van der Waals surface area contributed by atoms with Crippen molar-refractivity contribution in [3.8, 4) is 0 Å². The van der Waals surface area contributed by atoms with Crippen LogP contribution in [-0.2, 0) is 47.6 Å². The van der Waals surface area contributed by atoms with E-state index in [-0.39, 0.29) is 51.0 Å². The number of carbonyl (C=O) groups is 4. The van der Waals surface area contributed by atoms with Crippen molar-refractivity contribution in [3.63, 3.8) is 0 Å². The fourth-order valence-electron chi connectivity index (χ4n) is 12.0. The Balaban J connectivity index is 1.62. The SMILES string of the molecule is CCCCC(C=O)(CCCCCCC(CCCC)(C(=O)OCCCOC1CC(C)(C)N(O)C(C)(C)C1)C(=O)OCCCOC1CC(C)(C)N(O)C(C)(C)C1)C(=O)OCCCOC1CC(C)(C)N(O)C(C)(C)C1. The van der Waals surface area contributed by atoms with Gasteiger partial charge in [-0.15, -0.1) is 0 Å². The predicted molar refractivity (Wildman–Crippen MR) is 277 cm³/mol. The highest BCUT2D eigenvalue weighted by Gasteiger charge is 2.50. The molecule has 0 aliphatic carbocycles. The minimum Gasteiger partial charge on any atom is -0.465 e. The summed E-state index contributed by atoms with van der Waals surface area (Å²) in [5.74, 6) is -1.69. The molecule has 16 heteroatoms. The molecular formula is C56H103N3O13. The van der Waals surface area contributed by atoms with Crippen LogP contribution in [-0.4, -0.2) is 146 Å². The minimum atomic E-state index is -1.51. The number of carbonyl (C=O) groups excluding carboxylic acids is 4. The largest absolute Gasteiger partial charge is 0.465 e. The number of rotatable bonds is 32. The van der Waals surface area contributed by atoms with Crippen molar-refractivity contribution in [1.29, 1.82) is 0 Å². The zero-order valence-corrected chi connectivity index (χ0v) is 47.7. The van der Waals surface area contributed by atoms with Crippen LogP contribution in [0.4, 0.5) is 0 Å². The van der Waals surface area contributed by atoms with E-state index in [0.29, 0.717) is 129 Å². The molecule has 0 radical (unpaired) electrons. The molecule has 3 heterocycles. The van der Waals surface area contributed by atoms with Crippen molar-refractivity contribution in [2.75, 3.05) is 39.6 Å². The van der Waals surface area contributed by atoms with Gasteiger partial charge in [0.2, 0.25) is 0 Å². The Hall–Kier alpha value is -2.28. The average molecular weight is 1030 g/mol. The van der Waals surface area contributed by atoms with Crippen LogP contribution in [0.15, 0.2) is 0 Å². The lowest BCUT2D eigenvalue weighted by atomic mass is 9.77. The molecular weight excluding hydrogens is 923 g/mol. The number of aldehydes is 1. The van der Waals surface area contributed by atoms with Crippen LogP contribution in [0, 0.1) is 10.8 Å². The van der Waals surface area contributed by atoms with Crippen LogP contribution < -0.4 is 0 Å². The molecule has 0 bridgehead atoms. The number of hydroxylamine groups is 6. The fraction of sp³-hybridized carbons (Fsp3) is 0.929. The van der Waals surface area contributed by atoms with Crippen LogP contribution >= 0.6 is 0 Å². The summed E-state index contributed by atoms with van der Waals surface area (Å²) in [6.07, 6.45) is 12.5. The number of nitrogens with zero attached hydrogens (tertiary/aromatic N) is 3. The number of ether oxygens (including phenoxy) is 6. The molecule has 72 heavy (non-hydrogen) atoms. The van der Waals surface area contributed by atoms with Crippen molar-refractivity contribution in [2.24, 2.45) is 10.8 Å². The number of esters is 3. The summed E-state index contributed by atoms with van der Waals surface area (Å²) in [7, 11) is 0. The molecule has 1 unspecified atom stereocenters. The minimum absolute atomic E-state index is 0.0385. The topological polar surface area (TPSA) is 194 Å². The number of hydrogen-bond acceptors (Lipinski definition) is 16. The second-order valence-corrected chi connectivity index (χ2v) is 25.5. The average Bonchev–Trinajstić information content (AvgIpc) is 3.28. The molecule has 3 aliphatic heterocycles. The van der Waals surface area contributed by atoms with Gasteiger partial charge >= 0.3 is 17.9 Å². The Morgan fingerprint density at radius 3 is 1.03 bits per heavy atom. The molecule has 0 aromatic carbocycles. The van der Waals surface area contributed by atoms with Gasteiger partial charge in [-0.2, -0.15) is 15.2 Å². The lowest BCUT2D eigenvalue weighted by molar-refractivity contribution is -0.261. The molecule has 3 rings (SSSR count). The van der Waals surface area contributed by atoms with E-state index in [0.717, 1.165) is 19.1 Å². The normalized spacial score (nSPS) is 22.5. The maximum absolute atomic E-state index is 14.3. The first kappa shape index (κ1) is 64.0. The smallest absolute Gasteiger partial charge is 0.323 e. The van der Waals surface area contributed by atoms with Gasteiger partial charge < -0.3 is 48.8 Å². The van der Waals surface area contributed by atoms with E-state index in [4.69, 9.17) is 28.4 Å². The van der Waals surface area contributed by atoms with Gasteiger partial charge in [-0.3, -0.25) is 14.4 Å². The Bertz CT molecular complexity index is 1570. The van der Waals surface area contributed by atoms with E-state index in [1.54, 1.807) is 0 Å². The molecule has 3 N–H and O–H groups in total. The van der Waals surface area contributed by atoms with Crippen LogP contribution in [0.25, 0.3) is 0 Å². The number of hydrogen-bond donors (Lipinski definition) is 3. The van der Waals surface area contributed by atoms with Crippen molar-refractivity contribution in [3.05, 3.63) is 0 Å². The zero-order chi connectivity index (χ0) is 54.2. The van der Waals surface area contributed by atoms with Crippen LogP contribution in [0.2, 0.25) is 0 Å². The van der Waals surface area contributed by atoms with Gasteiger partial charge in [-0.25, -0.2) is 0 Å². The summed E-state index contributed by atoms with van der Waals surface area (Å²) >= 11 is 0. The first-order valence-corrected chi connectivity index (χ1v) is 27.8.